The van der Waals surface area contributed by atoms with Gasteiger partial charge in [-0.3, -0.25) is 4.79 Å². The van der Waals surface area contributed by atoms with Crippen LogP contribution in [0.4, 0.5) is 41.3 Å². The molecule has 3 heterocycles. The third-order valence-electron chi connectivity index (χ3n) is 5.77. The van der Waals surface area contributed by atoms with Crippen LogP contribution >= 0.6 is 11.3 Å². The van der Waals surface area contributed by atoms with Crippen molar-refractivity contribution in [2.75, 3.05) is 48.9 Å². The molecule has 0 aliphatic carbocycles. The summed E-state index contributed by atoms with van der Waals surface area (Å²) >= 11 is 1.22. The summed E-state index contributed by atoms with van der Waals surface area (Å²) < 4.78 is 46.8. The minimum absolute atomic E-state index is 0.0104. The highest BCUT2D eigenvalue weighted by atomic mass is 32.1. The summed E-state index contributed by atoms with van der Waals surface area (Å²) in [5.41, 5.74) is 0.566. The quantitative estimate of drug-likeness (QED) is 0.383. The Morgan fingerprint density at radius 1 is 1.08 bits per heavy atom. The Bertz CT molecular complexity index is 1250. The van der Waals surface area contributed by atoms with Gasteiger partial charge in [0.2, 0.25) is 5.95 Å². The van der Waals surface area contributed by atoms with E-state index in [1.54, 1.807) is 6.07 Å². The molecule has 0 radical (unpaired) electrons. The van der Waals surface area contributed by atoms with Crippen molar-refractivity contribution in [1.82, 2.24) is 15.3 Å². The monoisotopic (exact) mass is 534 g/mol. The molecule has 37 heavy (non-hydrogen) atoms. The third-order valence-corrected chi connectivity index (χ3v) is 7.24. The maximum atomic E-state index is 13.8. The molecular formula is C25H29F3N6O2S. The number of morpholine rings is 1. The van der Waals surface area contributed by atoms with Crippen molar-refractivity contribution < 1.29 is 22.7 Å². The van der Waals surface area contributed by atoms with E-state index in [1.807, 2.05) is 45.0 Å². The maximum Gasteiger partial charge on any atom is 0.421 e. The minimum atomic E-state index is -4.70. The number of alkyl halides is 3. The van der Waals surface area contributed by atoms with E-state index in [-0.39, 0.29) is 21.9 Å². The Balaban J connectivity index is 1.63. The fraction of sp³-hybridized carbons (Fsp3) is 0.400. The van der Waals surface area contributed by atoms with Gasteiger partial charge < -0.3 is 25.6 Å². The molecule has 2 aromatic heterocycles. The van der Waals surface area contributed by atoms with Gasteiger partial charge in [0.1, 0.15) is 16.4 Å². The molecule has 0 atom stereocenters. The van der Waals surface area contributed by atoms with Crippen LogP contribution in [0.1, 0.15) is 41.6 Å². The minimum Gasteiger partial charge on any atom is -0.378 e. The number of benzene rings is 1. The van der Waals surface area contributed by atoms with E-state index >= 15 is 0 Å². The molecular weight excluding hydrogens is 505 g/mol. The smallest absolute Gasteiger partial charge is 0.378 e. The lowest BCUT2D eigenvalue weighted by Gasteiger charge is -2.28. The maximum absolute atomic E-state index is 13.8. The highest BCUT2D eigenvalue weighted by molar-refractivity contribution is 7.16. The molecule has 0 unspecified atom stereocenters. The van der Waals surface area contributed by atoms with Crippen LogP contribution in [-0.2, 0) is 16.3 Å². The molecule has 3 N–H and O–H groups in total. The number of carbonyl (C=O) groups excluding carboxylic acids is 1. The zero-order valence-electron chi connectivity index (χ0n) is 21.0. The number of carbonyl (C=O) groups is 1. The van der Waals surface area contributed by atoms with E-state index in [0.29, 0.717) is 18.9 Å². The van der Waals surface area contributed by atoms with E-state index in [9.17, 15) is 18.0 Å². The second kappa shape index (κ2) is 10.5. The fourth-order valence-corrected chi connectivity index (χ4v) is 4.83. The lowest BCUT2D eigenvalue weighted by Crippen LogP contribution is -2.36. The molecule has 1 aliphatic rings. The molecule has 1 fully saturated rings. The first-order valence-corrected chi connectivity index (χ1v) is 12.5. The van der Waals surface area contributed by atoms with Crippen molar-refractivity contribution in [3.05, 3.63) is 52.5 Å². The van der Waals surface area contributed by atoms with Crippen LogP contribution in [0.25, 0.3) is 0 Å². The average Bonchev–Trinajstić information content (AvgIpc) is 3.28. The fourth-order valence-electron chi connectivity index (χ4n) is 3.72. The largest absolute Gasteiger partial charge is 0.421 e. The van der Waals surface area contributed by atoms with E-state index in [0.717, 1.165) is 29.9 Å². The van der Waals surface area contributed by atoms with Gasteiger partial charge in [0.25, 0.3) is 5.91 Å². The Hall–Kier alpha value is -3.38. The number of hydrogen-bond acceptors (Lipinski definition) is 8. The Morgan fingerprint density at radius 2 is 1.76 bits per heavy atom. The number of nitrogens with one attached hydrogen (secondary N) is 3. The van der Waals surface area contributed by atoms with Crippen molar-refractivity contribution in [3.63, 3.8) is 0 Å². The number of anilines is 5. The molecule has 0 saturated carbocycles. The summed E-state index contributed by atoms with van der Waals surface area (Å²) in [5, 5.41) is 8.54. The molecule has 1 amide bonds. The van der Waals surface area contributed by atoms with Crippen molar-refractivity contribution >= 4 is 45.4 Å². The normalized spacial score (nSPS) is 14.4. The average molecular weight is 535 g/mol. The summed E-state index contributed by atoms with van der Waals surface area (Å²) in [6, 6.07) is 9.17. The van der Waals surface area contributed by atoms with Crippen LogP contribution in [-0.4, -0.2) is 49.2 Å². The van der Waals surface area contributed by atoms with Crippen LogP contribution in [0.2, 0.25) is 0 Å². The van der Waals surface area contributed by atoms with Crippen LogP contribution in [0.15, 0.2) is 36.5 Å². The number of ether oxygens (including phenoxy) is 1. The van der Waals surface area contributed by atoms with Crippen molar-refractivity contribution in [2.45, 2.75) is 32.4 Å². The lowest BCUT2D eigenvalue weighted by atomic mass is 9.94. The van der Waals surface area contributed by atoms with Gasteiger partial charge in [-0.05, 0) is 35.7 Å². The zero-order valence-corrected chi connectivity index (χ0v) is 21.8. The van der Waals surface area contributed by atoms with Gasteiger partial charge in [0.05, 0.1) is 18.8 Å². The molecule has 4 rings (SSSR count). The molecule has 0 bridgehead atoms. The first-order chi connectivity index (χ1) is 17.5. The van der Waals surface area contributed by atoms with Crippen molar-refractivity contribution in [1.29, 1.82) is 0 Å². The highest BCUT2D eigenvalue weighted by Gasteiger charge is 2.36. The van der Waals surface area contributed by atoms with Crippen molar-refractivity contribution in [2.24, 2.45) is 0 Å². The van der Waals surface area contributed by atoms with Gasteiger partial charge in [-0.2, -0.15) is 18.2 Å². The SMILES string of the molecule is CNC(=O)c1cc(C(C)(C)C)sc1Nc1nc(Nc2ccc(N3CCOCC3)cc2)ncc1C(F)(F)F. The number of halogens is 3. The number of nitrogens with zero attached hydrogens (tertiary/aromatic N) is 3. The zero-order chi connectivity index (χ0) is 26.8. The Morgan fingerprint density at radius 3 is 2.35 bits per heavy atom. The molecule has 1 saturated heterocycles. The van der Waals surface area contributed by atoms with Gasteiger partial charge in [-0.15, -0.1) is 11.3 Å². The summed E-state index contributed by atoms with van der Waals surface area (Å²) in [6.45, 7) is 8.82. The van der Waals surface area contributed by atoms with Gasteiger partial charge in [-0.1, -0.05) is 20.8 Å². The van der Waals surface area contributed by atoms with E-state index < -0.39 is 23.5 Å². The van der Waals surface area contributed by atoms with E-state index in [1.165, 1.54) is 18.4 Å². The second-order valence-corrected chi connectivity index (χ2v) is 10.6. The number of rotatable bonds is 6. The Labute approximate surface area is 217 Å². The molecule has 198 valence electrons. The molecule has 1 aliphatic heterocycles. The van der Waals surface area contributed by atoms with Gasteiger partial charge in [0, 0.05) is 42.6 Å². The van der Waals surface area contributed by atoms with Gasteiger partial charge >= 0.3 is 6.18 Å². The number of hydrogen-bond donors (Lipinski definition) is 3. The molecule has 0 spiro atoms. The first kappa shape index (κ1) is 26.7. The van der Waals surface area contributed by atoms with Crippen molar-refractivity contribution in [3.8, 4) is 0 Å². The summed E-state index contributed by atoms with van der Waals surface area (Å²) in [7, 11) is 1.47. The number of thiophene rings is 1. The van der Waals surface area contributed by atoms with Gasteiger partial charge in [-0.25, -0.2) is 4.98 Å². The number of aromatic nitrogens is 2. The van der Waals surface area contributed by atoms with Gasteiger partial charge in [0.15, 0.2) is 0 Å². The topological polar surface area (TPSA) is 91.4 Å². The predicted molar refractivity (Wildman–Crippen MR) is 139 cm³/mol. The predicted octanol–water partition coefficient (Wildman–Crippen LogP) is 5.54. The van der Waals surface area contributed by atoms with Crippen LogP contribution < -0.4 is 20.9 Å². The summed E-state index contributed by atoms with van der Waals surface area (Å²) in [4.78, 5) is 23.5. The molecule has 3 aromatic rings. The molecule has 8 nitrogen and oxygen atoms in total. The standard InChI is InChI=1S/C25H29F3N6O2S/c1-24(2,3)19-13-17(21(35)29-4)22(37-19)32-20-18(25(26,27)28)14-30-23(33-20)31-15-5-7-16(8-6-15)34-9-11-36-12-10-34/h5-8,13-14H,9-12H2,1-4H3,(H,29,35)(H2,30,31,32,33). The van der Waals surface area contributed by atoms with E-state index in [2.05, 4.69) is 30.8 Å². The first-order valence-electron chi connectivity index (χ1n) is 11.7. The Kier molecular flexibility index (Phi) is 7.60. The van der Waals surface area contributed by atoms with E-state index in [4.69, 9.17) is 4.74 Å². The molecule has 1 aromatic carbocycles. The summed E-state index contributed by atoms with van der Waals surface area (Å²) in [5.74, 6) is -0.860. The molecule has 12 heteroatoms. The summed E-state index contributed by atoms with van der Waals surface area (Å²) in [6.07, 6.45) is -3.96. The van der Waals surface area contributed by atoms with Crippen LogP contribution in [0.3, 0.4) is 0 Å². The lowest BCUT2D eigenvalue weighted by molar-refractivity contribution is -0.137. The second-order valence-electron chi connectivity index (χ2n) is 9.53. The third kappa shape index (κ3) is 6.31. The van der Waals surface area contributed by atoms with Crippen LogP contribution in [0.5, 0.6) is 0 Å². The highest BCUT2D eigenvalue weighted by Crippen LogP contribution is 2.40. The number of amides is 1. The van der Waals surface area contributed by atoms with Crippen LogP contribution in [0, 0.1) is 0 Å².